The van der Waals surface area contributed by atoms with Gasteiger partial charge in [0.25, 0.3) is 5.91 Å². The molecular weight excluding hydrogens is 442 g/mol. The zero-order valence-electron chi connectivity index (χ0n) is 17.9. The van der Waals surface area contributed by atoms with Crippen molar-refractivity contribution >= 4 is 33.4 Å². The quantitative estimate of drug-likeness (QED) is 0.421. The third-order valence-electron chi connectivity index (χ3n) is 5.24. The van der Waals surface area contributed by atoms with Crippen LogP contribution in [0.25, 0.3) is 10.2 Å². The highest BCUT2D eigenvalue weighted by molar-refractivity contribution is 7.20. The number of hydrogen-bond acceptors (Lipinski definition) is 7. The maximum Gasteiger partial charge on any atom is 0.348 e. The van der Waals surface area contributed by atoms with Crippen LogP contribution >= 0.6 is 11.3 Å². The number of ether oxygens (including phenoxy) is 3. The lowest BCUT2D eigenvalue weighted by Gasteiger charge is -2.07. The molecule has 1 aliphatic heterocycles. The second-order valence-corrected chi connectivity index (χ2v) is 8.63. The number of aromatic nitrogens is 2. The molecule has 3 heterocycles. The molecule has 0 unspecified atom stereocenters. The minimum Gasteiger partial charge on any atom is -0.454 e. The maximum absolute atomic E-state index is 12.5. The van der Waals surface area contributed by atoms with E-state index < -0.39 is 5.97 Å². The van der Waals surface area contributed by atoms with Gasteiger partial charge in [-0.25, -0.2) is 4.79 Å². The molecule has 0 spiro atoms. The van der Waals surface area contributed by atoms with Gasteiger partial charge in [-0.3, -0.25) is 9.48 Å². The predicted octanol–water partition coefficient (Wildman–Crippen LogP) is 3.66. The van der Waals surface area contributed by atoms with Crippen LogP contribution in [0.4, 0.5) is 0 Å². The molecule has 2 aromatic heterocycles. The van der Waals surface area contributed by atoms with Gasteiger partial charge in [0.1, 0.15) is 9.71 Å². The van der Waals surface area contributed by atoms with Crippen molar-refractivity contribution in [3.8, 4) is 11.5 Å². The van der Waals surface area contributed by atoms with Crippen LogP contribution in [0, 0.1) is 6.92 Å². The number of fused-ring (bicyclic) bond motifs is 2. The summed E-state index contributed by atoms with van der Waals surface area (Å²) in [6.45, 7) is 2.66. The molecule has 1 aliphatic rings. The third-order valence-corrected chi connectivity index (χ3v) is 6.37. The standard InChI is InChI=1S/C24H21N3O5S/c1-15-18-10-21(33-23(18)27(26-15)12-16-5-3-2-4-6-16)24(29)30-13-22(28)25-11-17-7-8-19-20(9-17)32-14-31-19/h2-10H,11-14H2,1H3,(H,25,28). The molecule has 4 aromatic rings. The fourth-order valence-corrected chi connectivity index (χ4v) is 4.64. The molecule has 0 bridgehead atoms. The minimum atomic E-state index is -0.528. The molecule has 5 rings (SSSR count). The van der Waals surface area contributed by atoms with Gasteiger partial charge in [0.2, 0.25) is 6.79 Å². The largest absolute Gasteiger partial charge is 0.454 e. The number of amides is 1. The number of aryl methyl sites for hydroxylation is 1. The number of nitrogens with zero attached hydrogens (tertiary/aromatic N) is 2. The maximum atomic E-state index is 12.5. The van der Waals surface area contributed by atoms with Gasteiger partial charge < -0.3 is 19.5 Å². The Labute approximate surface area is 193 Å². The van der Waals surface area contributed by atoms with Crippen molar-refractivity contribution in [2.75, 3.05) is 13.4 Å². The van der Waals surface area contributed by atoms with Crippen LogP contribution < -0.4 is 14.8 Å². The Bertz CT molecular complexity index is 1330. The molecule has 0 aliphatic carbocycles. The Morgan fingerprint density at radius 3 is 2.76 bits per heavy atom. The van der Waals surface area contributed by atoms with Crippen LogP contribution in [0.15, 0.2) is 54.6 Å². The zero-order valence-corrected chi connectivity index (χ0v) is 18.7. The van der Waals surface area contributed by atoms with Crippen LogP contribution in [0.2, 0.25) is 0 Å². The monoisotopic (exact) mass is 463 g/mol. The van der Waals surface area contributed by atoms with E-state index in [1.807, 2.05) is 54.1 Å². The fourth-order valence-electron chi connectivity index (χ4n) is 3.58. The van der Waals surface area contributed by atoms with Crippen molar-refractivity contribution in [1.29, 1.82) is 0 Å². The van der Waals surface area contributed by atoms with Crippen LogP contribution in [-0.2, 0) is 22.6 Å². The molecule has 9 heteroatoms. The van der Waals surface area contributed by atoms with Crippen LogP contribution in [-0.4, -0.2) is 35.1 Å². The molecule has 8 nitrogen and oxygen atoms in total. The predicted molar refractivity (Wildman–Crippen MR) is 123 cm³/mol. The summed E-state index contributed by atoms with van der Waals surface area (Å²) in [6.07, 6.45) is 0. The summed E-state index contributed by atoms with van der Waals surface area (Å²) >= 11 is 1.31. The summed E-state index contributed by atoms with van der Waals surface area (Å²) in [7, 11) is 0. The Balaban J connectivity index is 1.18. The van der Waals surface area contributed by atoms with E-state index in [-0.39, 0.29) is 19.3 Å². The van der Waals surface area contributed by atoms with E-state index in [1.54, 1.807) is 12.1 Å². The first kappa shape index (κ1) is 21.0. The molecule has 33 heavy (non-hydrogen) atoms. The van der Waals surface area contributed by atoms with Gasteiger partial charge in [0.15, 0.2) is 18.1 Å². The highest BCUT2D eigenvalue weighted by Crippen LogP contribution is 2.32. The third kappa shape index (κ3) is 4.54. The molecule has 1 amide bonds. The van der Waals surface area contributed by atoms with Crippen molar-refractivity contribution in [2.45, 2.75) is 20.0 Å². The number of hydrogen-bond donors (Lipinski definition) is 1. The molecule has 0 saturated heterocycles. The molecule has 0 saturated carbocycles. The van der Waals surface area contributed by atoms with Gasteiger partial charge in [0.05, 0.1) is 12.2 Å². The summed E-state index contributed by atoms with van der Waals surface area (Å²) < 4.78 is 17.7. The van der Waals surface area contributed by atoms with Gasteiger partial charge in [-0.05, 0) is 36.2 Å². The molecular formula is C24H21N3O5S. The summed E-state index contributed by atoms with van der Waals surface area (Å²) in [4.78, 5) is 26.1. The first-order chi connectivity index (χ1) is 16.1. The van der Waals surface area contributed by atoms with E-state index in [2.05, 4.69) is 10.4 Å². The van der Waals surface area contributed by atoms with Crippen LogP contribution in [0.3, 0.4) is 0 Å². The van der Waals surface area contributed by atoms with Crippen LogP contribution in [0.5, 0.6) is 11.5 Å². The lowest BCUT2D eigenvalue weighted by atomic mass is 10.2. The van der Waals surface area contributed by atoms with Crippen molar-refractivity contribution in [3.05, 3.63) is 76.3 Å². The van der Waals surface area contributed by atoms with E-state index in [9.17, 15) is 9.59 Å². The van der Waals surface area contributed by atoms with Gasteiger partial charge in [-0.15, -0.1) is 11.3 Å². The van der Waals surface area contributed by atoms with Crippen LogP contribution in [0.1, 0.15) is 26.5 Å². The molecule has 1 N–H and O–H groups in total. The first-order valence-electron chi connectivity index (χ1n) is 10.4. The SMILES string of the molecule is Cc1nn(Cc2ccccc2)c2sc(C(=O)OCC(=O)NCc3ccc4c(c3)OCO4)cc12. The summed E-state index contributed by atoms with van der Waals surface area (Å²) in [5.74, 6) is 0.428. The number of rotatable bonds is 7. The Kier molecular flexibility index (Phi) is 5.70. The van der Waals surface area contributed by atoms with Crippen molar-refractivity contribution in [2.24, 2.45) is 0 Å². The van der Waals surface area contributed by atoms with Crippen molar-refractivity contribution in [3.63, 3.8) is 0 Å². The lowest BCUT2D eigenvalue weighted by Crippen LogP contribution is -2.28. The summed E-state index contributed by atoms with van der Waals surface area (Å²) in [6, 6.07) is 17.2. The minimum absolute atomic E-state index is 0.197. The second kappa shape index (κ2) is 8.95. The van der Waals surface area contributed by atoms with Crippen molar-refractivity contribution in [1.82, 2.24) is 15.1 Å². The Morgan fingerprint density at radius 2 is 1.91 bits per heavy atom. The highest BCUT2D eigenvalue weighted by Gasteiger charge is 2.19. The number of carbonyl (C=O) groups excluding carboxylic acids is 2. The zero-order chi connectivity index (χ0) is 22.8. The first-order valence-corrected chi connectivity index (χ1v) is 11.2. The number of benzene rings is 2. The van der Waals surface area contributed by atoms with E-state index in [4.69, 9.17) is 14.2 Å². The van der Waals surface area contributed by atoms with Gasteiger partial charge >= 0.3 is 5.97 Å². The average molecular weight is 464 g/mol. The van der Waals surface area contributed by atoms with E-state index in [0.717, 1.165) is 27.0 Å². The average Bonchev–Trinajstić information content (AvgIpc) is 3.54. The summed E-state index contributed by atoms with van der Waals surface area (Å²) in [5, 5.41) is 8.24. The molecule has 0 atom stereocenters. The van der Waals surface area contributed by atoms with E-state index in [1.165, 1.54) is 11.3 Å². The van der Waals surface area contributed by atoms with Gasteiger partial charge in [0, 0.05) is 11.9 Å². The molecule has 168 valence electrons. The van der Waals surface area contributed by atoms with Crippen molar-refractivity contribution < 1.29 is 23.8 Å². The number of carbonyl (C=O) groups is 2. The smallest absolute Gasteiger partial charge is 0.348 e. The highest BCUT2D eigenvalue weighted by atomic mass is 32.1. The van der Waals surface area contributed by atoms with E-state index in [0.29, 0.717) is 29.5 Å². The molecule has 2 aromatic carbocycles. The lowest BCUT2D eigenvalue weighted by molar-refractivity contribution is -0.124. The Hall–Kier alpha value is -3.85. The van der Waals surface area contributed by atoms with E-state index >= 15 is 0 Å². The Morgan fingerprint density at radius 1 is 1.09 bits per heavy atom. The number of nitrogens with one attached hydrogen (secondary N) is 1. The number of esters is 1. The van der Waals surface area contributed by atoms with Gasteiger partial charge in [-0.1, -0.05) is 36.4 Å². The molecule has 0 fully saturated rings. The topological polar surface area (TPSA) is 91.7 Å². The fraction of sp³-hybridized carbons (Fsp3) is 0.208. The summed E-state index contributed by atoms with van der Waals surface area (Å²) in [5.41, 5.74) is 2.83. The number of thiophene rings is 1. The normalized spacial score (nSPS) is 12.2. The van der Waals surface area contributed by atoms with Gasteiger partial charge in [-0.2, -0.15) is 5.10 Å². The second-order valence-electron chi connectivity index (χ2n) is 7.60. The molecule has 0 radical (unpaired) electrons.